The van der Waals surface area contributed by atoms with Gasteiger partial charge in [-0.25, -0.2) is 9.18 Å². The van der Waals surface area contributed by atoms with Crippen molar-refractivity contribution in [3.05, 3.63) is 45.1 Å². The highest BCUT2D eigenvalue weighted by atomic mass is 79.9. The van der Waals surface area contributed by atoms with Gasteiger partial charge in [-0.2, -0.15) is 0 Å². The maximum Gasteiger partial charge on any atom is 0.337 e. The number of hydrogen-bond acceptors (Lipinski definition) is 5. The largest absolute Gasteiger partial charge is 0.478 e. The first-order valence-corrected chi connectivity index (χ1v) is 7.38. The van der Waals surface area contributed by atoms with Crippen molar-refractivity contribution >= 4 is 61.7 Å². The van der Waals surface area contributed by atoms with E-state index in [2.05, 4.69) is 26.4 Å². The van der Waals surface area contributed by atoms with Gasteiger partial charge in [-0.05, 0) is 24.3 Å². The number of fused-ring (bicyclic) bond motifs is 1. The molecule has 0 amide bonds. The van der Waals surface area contributed by atoms with Crippen LogP contribution in [-0.4, -0.2) is 16.2 Å². The molecule has 1 heterocycles. The van der Waals surface area contributed by atoms with Gasteiger partial charge in [-0.3, -0.25) is 0 Å². The van der Waals surface area contributed by atoms with Crippen molar-refractivity contribution < 1.29 is 18.8 Å². The van der Waals surface area contributed by atoms with Crippen molar-refractivity contribution in [2.75, 3.05) is 11.1 Å². The van der Waals surface area contributed by atoms with Crippen LogP contribution >= 0.6 is 27.5 Å². The molecular weight excluding hydrogens is 393 g/mol. The summed E-state index contributed by atoms with van der Waals surface area (Å²) in [6, 6.07) is 6.04. The van der Waals surface area contributed by atoms with Crippen molar-refractivity contribution in [1.82, 2.24) is 5.16 Å². The summed E-state index contributed by atoms with van der Waals surface area (Å²) in [5.74, 6) is -2.33. The molecule has 0 spiro atoms. The van der Waals surface area contributed by atoms with Crippen LogP contribution < -0.4 is 11.1 Å². The van der Waals surface area contributed by atoms with Crippen molar-refractivity contribution in [2.45, 2.75) is 0 Å². The van der Waals surface area contributed by atoms with Crippen molar-refractivity contribution in [3.8, 4) is 0 Å². The lowest BCUT2D eigenvalue weighted by Crippen LogP contribution is -2.06. The van der Waals surface area contributed by atoms with Gasteiger partial charge in [-0.1, -0.05) is 32.7 Å². The van der Waals surface area contributed by atoms with Gasteiger partial charge in [0.25, 0.3) is 0 Å². The molecule has 0 aliphatic carbocycles. The molecule has 0 aliphatic rings. The van der Waals surface area contributed by atoms with E-state index in [0.29, 0.717) is 5.69 Å². The average Bonchev–Trinajstić information content (AvgIpc) is 2.85. The van der Waals surface area contributed by atoms with E-state index in [1.54, 1.807) is 18.2 Å². The molecule has 1 aromatic heterocycles. The molecule has 9 heteroatoms. The molecule has 3 aromatic rings. The summed E-state index contributed by atoms with van der Waals surface area (Å²) in [6.45, 7) is 0. The minimum Gasteiger partial charge on any atom is -0.478 e. The predicted octanol–water partition coefficient (Wildman–Crippen LogP) is 4.41. The number of aromatic nitrogens is 1. The highest BCUT2D eigenvalue weighted by molar-refractivity contribution is 9.10. The normalized spacial score (nSPS) is 10.9. The first-order chi connectivity index (χ1) is 10.9. The molecule has 0 saturated carbocycles. The second-order valence-corrected chi connectivity index (χ2v) is 5.93. The molecule has 0 aliphatic heterocycles. The van der Waals surface area contributed by atoms with Crippen LogP contribution in [0.1, 0.15) is 10.4 Å². The number of nitrogens with one attached hydrogen (secondary N) is 1. The SMILES string of the molecule is Nc1noc2c(F)c(Nc3ccc(Br)cc3Cl)c(C(=O)O)cc12. The number of nitrogen functional groups attached to an aromatic ring is 1. The lowest BCUT2D eigenvalue weighted by atomic mass is 10.1. The zero-order chi connectivity index (χ0) is 16.7. The fourth-order valence-corrected chi connectivity index (χ4v) is 2.79. The first kappa shape index (κ1) is 15.6. The Balaban J connectivity index is 2.21. The Kier molecular flexibility index (Phi) is 3.87. The average molecular weight is 401 g/mol. The Morgan fingerprint density at radius 3 is 2.83 bits per heavy atom. The molecular formula is C14H8BrClFN3O3. The maximum atomic E-state index is 14.6. The summed E-state index contributed by atoms with van der Waals surface area (Å²) in [5, 5.41) is 15.8. The number of rotatable bonds is 3. The number of carboxylic acid groups (broad SMARTS) is 1. The Bertz CT molecular complexity index is 945. The lowest BCUT2D eigenvalue weighted by molar-refractivity contribution is 0.0697. The quantitative estimate of drug-likeness (QED) is 0.602. The number of aromatic carboxylic acids is 1. The summed E-state index contributed by atoms with van der Waals surface area (Å²) in [6.07, 6.45) is 0. The smallest absolute Gasteiger partial charge is 0.337 e. The maximum absolute atomic E-state index is 14.6. The second-order valence-electron chi connectivity index (χ2n) is 4.61. The van der Waals surface area contributed by atoms with E-state index in [-0.39, 0.29) is 33.1 Å². The third-order valence-electron chi connectivity index (χ3n) is 3.15. The molecule has 23 heavy (non-hydrogen) atoms. The molecule has 4 N–H and O–H groups in total. The van der Waals surface area contributed by atoms with E-state index < -0.39 is 11.8 Å². The van der Waals surface area contributed by atoms with Crippen LogP contribution in [0.3, 0.4) is 0 Å². The Morgan fingerprint density at radius 1 is 1.43 bits per heavy atom. The number of benzene rings is 2. The first-order valence-electron chi connectivity index (χ1n) is 6.21. The predicted molar refractivity (Wildman–Crippen MR) is 87.8 cm³/mol. The van der Waals surface area contributed by atoms with Gasteiger partial charge in [0.1, 0.15) is 0 Å². The van der Waals surface area contributed by atoms with Gasteiger partial charge in [0, 0.05) is 4.47 Å². The van der Waals surface area contributed by atoms with Crippen molar-refractivity contribution in [2.24, 2.45) is 0 Å². The number of carbonyl (C=O) groups is 1. The summed E-state index contributed by atoms with van der Waals surface area (Å²) in [4.78, 5) is 11.4. The summed E-state index contributed by atoms with van der Waals surface area (Å²) in [5.41, 5.74) is 5.05. The fourth-order valence-electron chi connectivity index (χ4n) is 2.07. The molecule has 118 valence electrons. The number of anilines is 3. The van der Waals surface area contributed by atoms with E-state index in [0.717, 1.165) is 4.47 Å². The minimum absolute atomic E-state index is 0.0883. The number of nitrogens with two attached hydrogens (primary N) is 1. The third-order valence-corrected chi connectivity index (χ3v) is 3.96. The molecule has 0 radical (unpaired) electrons. The summed E-state index contributed by atoms with van der Waals surface area (Å²) >= 11 is 9.32. The van der Waals surface area contributed by atoms with Gasteiger partial charge in [0.2, 0.25) is 5.58 Å². The number of hydrogen-bond donors (Lipinski definition) is 3. The lowest BCUT2D eigenvalue weighted by Gasteiger charge is -2.12. The second kappa shape index (κ2) is 5.71. The summed E-state index contributed by atoms with van der Waals surface area (Å²) < 4.78 is 20.2. The molecule has 6 nitrogen and oxygen atoms in total. The zero-order valence-electron chi connectivity index (χ0n) is 11.2. The van der Waals surface area contributed by atoms with E-state index in [4.69, 9.17) is 21.9 Å². The minimum atomic E-state index is -1.33. The molecule has 0 bridgehead atoms. The van der Waals surface area contributed by atoms with E-state index >= 15 is 0 Å². The molecule has 0 saturated heterocycles. The standard InChI is InChI=1S/C14H8BrClFN3O3/c15-5-1-2-9(8(16)3-5)19-11-6(14(21)22)4-7-12(10(11)17)23-20-13(7)18/h1-4,19H,(H2,18,20)(H,21,22). The van der Waals surface area contributed by atoms with Gasteiger partial charge >= 0.3 is 5.97 Å². The zero-order valence-corrected chi connectivity index (χ0v) is 13.6. The van der Waals surface area contributed by atoms with Crippen LogP contribution in [0.25, 0.3) is 11.0 Å². The molecule has 0 atom stereocenters. The summed E-state index contributed by atoms with van der Waals surface area (Å²) in [7, 11) is 0. The van der Waals surface area contributed by atoms with Crippen molar-refractivity contribution in [3.63, 3.8) is 0 Å². The Labute approximate surface area is 142 Å². The van der Waals surface area contributed by atoms with Gasteiger partial charge in [0.05, 0.1) is 27.3 Å². The van der Waals surface area contributed by atoms with Crippen LogP contribution in [0.15, 0.2) is 33.3 Å². The highest BCUT2D eigenvalue weighted by Crippen LogP contribution is 2.36. The molecule has 0 fully saturated rings. The third kappa shape index (κ3) is 2.71. The van der Waals surface area contributed by atoms with Crippen LogP contribution in [0.4, 0.5) is 21.6 Å². The van der Waals surface area contributed by atoms with Crippen LogP contribution in [0.2, 0.25) is 5.02 Å². The Hall–Kier alpha value is -2.32. The van der Waals surface area contributed by atoms with Gasteiger partial charge < -0.3 is 20.7 Å². The van der Waals surface area contributed by atoms with E-state index in [9.17, 15) is 14.3 Å². The number of carboxylic acids is 1. The molecule has 2 aromatic carbocycles. The van der Waals surface area contributed by atoms with Gasteiger partial charge in [-0.15, -0.1) is 0 Å². The monoisotopic (exact) mass is 399 g/mol. The number of halogens is 3. The van der Waals surface area contributed by atoms with Crippen molar-refractivity contribution in [1.29, 1.82) is 0 Å². The Morgan fingerprint density at radius 2 is 2.17 bits per heavy atom. The topological polar surface area (TPSA) is 101 Å². The van der Waals surface area contributed by atoms with E-state index in [1.165, 1.54) is 6.07 Å². The highest BCUT2D eigenvalue weighted by Gasteiger charge is 2.23. The molecule has 3 rings (SSSR count). The van der Waals surface area contributed by atoms with E-state index in [1.807, 2.05) is 0 Å². The molecule has 0 unspecified atom stereocenters. The number of nitrogens with zero attached hydrogens (tertiary/aromatic N) is 1. The van der Waals surface area contributed by atoms with Crippen LogP contribution in [0.5, 0.6) is 0 Å². The van der Waals surface area contributed by atoms with Gasteiger partial charge in [0.15, 0.2) is 11.6 Å². The fraction of sp³-hybridized carbons (Fsp3) is 0. The van der Waals surface area contributed by atoms with Crippen LogP contribution in [0, 0.1) is 5.82 Å². The van der Waals surface area contributed by atoms with Crippen LogP contribution in [-0.2, 0) is 0 Å².